The minimum atomic E-state index is -1.98. The summed E-state index contributed by atoms with van der Waals surface area (Å²) in [6.07, 6.45) is 1.42. The molecule has 0 saturated carbocycles. The summed E-state index contributed by atoms with van der Waals surface area (Å²) in [6, 6.07) is 0. The van der Waals surface area contributed by atoms with Gasteiger partial charge in [0.05, 0.1) is 6.61 Å². The van der Waals surface area contributed by atoms with E-state index < -0.39 is 9.76 Å². The van der Waals surface area contributed by atoms with Crippen LogP contribution in [0.4, 0.5) is 0 Å². The second-order valence-corrected chi connectivity index (χ2v) is 5.58. The van der Waals surface area contributed by atoms with Crippen LogP contribution >= 0.6 is 46.4 Å². The van der Waals surface area contributed by atoms with Gasteiger partial charge in [-0.05, 0) is 19.8 Å². The van der Waals surface area contributed by atoms with Gasteiger partial charge < -0.3 is 4.74 Å². The maximum Gasteiger partial charge on any atom is 0.358 e. The summed E-state index contributed by atoms with van der Waals surface area (Å²) in [7, 11) is 0. The average molecular weight is 268 g/mol. The molecule has 0 bridgehead atoms. The summed E-state index contributed by atoms with van der Waals surface area (Å²) in [5.41, 5.74) is 0. The Hall–Kier alpha value is 0.630. The van der Waals surface area contributed by atoms with Crippen molar-refractivity contribution < 1.29 is 9.53 Å². The Balaban J connectivity index is 3.49. The van der Waals surface area contributed by atoms with Crippen molar-refractivity contribution in [3.05, 3.63) is 0 Å². The molecule has 0 fully saturated rings. The molecule has 13 heavy (non-hydrogen) atoms. The van der Waals surface area contributed by atoms with Crippen molar-refractivity contribution in [1.29, 1.82) is 0 Å². The molecule has 1 atom stereocenters. The van der Waals surface area contributed by atoms with E-state index in [0.29, 0.717) is 6.42 Å². The highest BCUT2D eigenvalue weighted by molar-refractivity contribution is 6.75. The molecule has 0 aromatic rings. The Morgan fingerprint density at radius 1 is 1.46 bits per heavy atom. The van der Waals surface area contributed by atoms with Crippen LogP contribution in [0, 0.1) is 0 Å². The SMILES string of the molecule is CC(Cl)CCCOC(=O)C(Cl)(Cl)Cl. The third-order valence-corrected chi connectivity index (χ3v) is 1.89. The van der Waals surface area contributed by atoms with Crippen molar-refractivity contribution in [2.75, 3.05) is 6.61 Å². The number of ether oxygens (including phenoxy) is 1. The number of hydrogen-bond acceptors (Lipinski definition) is 2. The quantitative estimate of drug-likeness (QED) is 0.444. The molecular formula is C7H10Cl4O2. The van der Waals surface area contributed by atoms with Gasteiger partial charge in [0.15, 0.2) is 0 Å². The standard InChI is InChI=1S/C7H10Cl4O2/c1-5(8)3-2-4-13-6(12)7(9,10)11/h5H,2-4H2,1H3. The molecule has 78 valence electrons. The topological polar surface area (TPSA) is 26.3 Å². The summed E-state index contributed by atoms with van der Waals surface area (Å²) < 4.78 is 2.68. The van der Waals surface area contributed by atoms with Crippen LogP contribution in [-0.4, -0.2) is 21.7 Å². The van der Waals surface area contributed by atoms with E-state index in [-0.39, 0.29) is 12.0 Å². The molecule has 2 nitrogen and oxygen atoms in total. The van der Waals surface area contributed by atoms with Crippen LogP contribution in [0.5, 0.6) is 0 Å². The predicted octanol–water partition coefficient (Wildman–Crippen LogP) is 3.31. The number of alkyl halides is 4. The van der Waals surface area contributed by atoms with E-state index in [4.69, 9.17) is 46.4 Å². The van der Waals surface area contributed by atoms with Crippen LogP contribution in [0.15, 0.2) is 0 Å². The summed E-state index contributed by atoms with van der Waals surface area (Å²) >= 11 is 21.4. The van der Waals surface area contributed by atoms with E-state index in [0.717, 1.165) is 6.42 Å². The molecular weight excluding hydrogens is 258 g/mol. The lowest BCUT2D eigenvalue weighted by molar-refractivity contribution is -0.142. The molecule has 0 saturated heterocycles. The first-order valence-corrected chi connectivity index (χ1v) is 5.29. The summed E-state index contributed by atoms with van der Waals surface area (Å²) in [5.74, 6) is -0.847. The van der Waals surface area contributed by atoms with Crippen molar-refractivity contribution >= 4 is 52.4 Å². The van der Waals surface area contributed by atoms with E-state index in [9.17, 15) is 4.79 Å². The van der Waals surface area contributed by atoms with Crippen molar-refractivity contribution in [2.45, 2.75) is 28.9 Å². The van der Waals surface area contributed by atoms with Gasteiger partial charge in [-0.2, -0.15) is 0 Å². The summed E-state index contributed by atoms with van der Waals surface area (Å²) in [6.45, 7) is 2.09. The van der Waals surface area contributed by atoms with Crippen molar-refractivity contribution in [2.24, 2.45) is 0 Å². The van der Waals surface area contributed by atoms with E-state index in [1.807, 2.05) is 6.92 Å². The Morgan fingerprint density at radius 2 is 2.00 bits per heavy atom. The van der Waals surface area contributed by atoms with E-state index in [2.05, 4.69) is 4.74 Å². The highest BCUT2D eigenvalue weighted by atomic mass is 35.6. The second-order valence-electron chi connectivity index (χ2n) is 2.56. The molecule has 6 heteroatoms. The molecule has 0 aliphatic heterocycles. The zero-order chi connectivity index (χ0) is 10.5. The van der Waals surface area contributed by atoms with Gasteiger partial charge in [-0.15, -0.1) is 11.6 Å². The fraction of sp³-hybridized carbons (Fsp3) is 0.857. The highest BCUT2D eigenvalue weighted by Gasteiger charge is 2.32. The Morgan fingerprint density at radius 3 is 2.38 bits per heavy atom. The van der Waals surface area contributed by atoms with Gasteiger partial charge in [0.25, 0.3) is 3.79 Å². The molecule has 0 aromatic heterocycles. The van der Waals surface area contributed by atoms with Crippen LogP contribution in [-0.2, 0) is 9.53 Å². The van der Waals surface area contributed by atoms with Gasteiger partial charge in [0.1, 0.15) is 0 Å². The number of halogens is 4. The molecule has 0 N–H and O–H groups in total. The van der Waals surface area contributed by atoms with Crippen LogP contribution in [0.1, 0.15) is 19.8 Å². The Labute approximate surface area is 97.4 Å². The monoisotopic (exact) mass is 266 g/mol. The first-order chi connectivity index (χ1) is 5.84. The van der Waals surface area contributed by atoms with Crippen molar-refractivity contribution in [1.82, 2.24) is 0 Å². The lowest BCUT2D eigenvalue weighted by Gasteiger charge is -2.10. The number of esters is 1. The van der Waals surface area contributed by atoms with Gasteiger partial charge in [-0.25, -0.2) is 4.79 Å². The normalized spacial score (nSPS) is 13.9. The lowest BCUT2D eigenvalue weighted by Crippen LogP contribution is -2.22. The fourth-order valence-electron chi connectivity index (χ4n) is 0.611. The highest BCUT2D eigenvalue weighted by Crippen LogP contribution is 2.27. The molecule has 0 rings (SSSR count). The molecule has 0 aliphatic carbocycles. The van der Waals surface area contributed by atoms with Gasteiger partial charge in [-0.3, -0.25) is 0 Å². The lowest BCUT2D eigenvalue weighted by atomic mass is 10.3. The molecule has 0 spiro atoms. The van der Waals surface area contributed by atoms with Gasteiger partial charge in [-0.1, -0.05) is 34.8 Å². The third kappa shape index (κ3) is 7.68. The zero-order valence-corrected chi connectivity index (χ0v) is 10.1. The number of carbonyl (C=O) groups is 1. The summed E-state index contributed by atoms with van der Waals surface area (Å²) in [5, 5.41) is 0.0615. The number of hydrogen-bond donors (Lipinski definition) is 0. The zero-order valence-electron chi connectivity index (χ0n) is 7.03. The second kappa shape index (κ2) is 6.18. The number of rotatable bonds is 4. The van der Waals surface area contributed by atoms with Crippen LogP contribution in [0.3, 0.4) is 0 Å². The largest absolute Gasteiger partial charge is 0.463 e. The molecule has 0 aliphatic rings. The van der Waals surface area contributed by atoms with Crippen molar-refractivity contribution in [3.63, 3.8) is 0 Å². The Kier molecular flexibility index (Phi) is 6.48. The average Bonchev–Trinajstić information content (AvgIpc) is 1.95. The first-order valence-electron chi connectivity index (χ1n) is 3.72. The van der Waals surface area contributed by atoms with Gasteiger partial charge in [0, 0.05) is 5.38 Å². The maximum atomic E-state index is 10.9. The maximum absolute atomic E-state index is 10.9. The van der Waals surface area contributed by atoms with Crippen molar-refractivity contribution in [3.8, 4) is 0 Å². The summed E-state index contributed by atoms with van der Waals surface area (Å²) in [4.78, 5) is 10.9. The molecule has 0 amide bonds. The fourth-order valence-corrected chi connectivity index (χ4v) is 0.929. The first kappa shape index (κ1) is 13.6. The smallest absolute Gasteiger partial charge is 0.358 e. The Bertz CT molecular complexity index is 164. The van der Waals surface area contributed by atoms with E-state index in [1.165, 1.54) is 0 Å². The molecule has 0 radical (unpaired) electrons. The van der Waals surface area contributed by atoms with Crippen LogP contribution in [0.25, 0.3) is 0 Å². The molecule has 0 aromatic carbocycles. The van der Waals surface area contributed by atoms with Gasteiger partial charge >= 0.3 is 5.97 Å². The minimum absolute atomic E-state index is 0.0615. The van der Waals surface area contributed by atoms with Gasteiger partial charge in [0.2, 0.25) is 0 Å². The van der Waals surface area contributed by atoms with Crippen LogP contribution < -0.4 is 0 Å². The molecule has 0 heterocycles. The third-order valence-electron chi connectivity index (χ3n) is 1.21. The minimum Gasteiger partial charge on any atom is -0.463 e. The molecule has 1 unspecified atom stereocenters. The predicted molar refractivity (Wildman–Crippen MR) is 55.8 cm³/mol. The van der Waals surface area contributed by atoms with E-state index >= 15 is 0 Å². The van der Waals surface area contributed by atoms with Crippen LogP contribution in [0.2, 0.25) is 0 Å². The number of carbonyl (C=O) groups excluding carboxylic acids is 1. The van der Waals surface area contributed by atoms with E-state index in [1.54, 1.807) is 0 Å².